The van der Waals surface area contributed by atoms with Gasteiger partial charge in [-0.15, -0.1) is 0 Å². The Morgan fingerprint density at radius 2 is 1.78 bits per heavy atom. The van der Waals surface area contributed by atoms with Crippen molar-refractivity contribution in [1.29, 1.82) is 0 Å². The first-order valence-electron chi connectivity index (χ1n) is 11.9. The van der Waals surface area contributed by atoms with E-state index in [0.717, 1.165) is 11.1 Å². The van der Waals surface area contributed by atoms with E-state index in [4.69, 9.17) is 18.9 Å². The van der Waals surface area contributed by atoms with Gasteiger partial charge in [0, 0.05) is 36.7 Å². The van der Waals surface area contributed by atoms with Crippen LogP contribution in [0.3, 0.4) is 0 Å². The highest BCUT2D eigenvalue weighted by molar-refractivity contribution is 5.96. The SMILES string of the molecule is COc1cccc([C@H]2CN(C(=O)c3ccc4c(c3)OCO4)C[C@@H]2C(=O)NCc2ccc(F)cc2)c1OC. The molecule has 192 valence electrons. The molecule has 5 rings (SSSR count). The normalized spacial score (nSPS) is 18.0. The molecule has 0 radical (unpaired) electrons. The molecule has 2 amide bonds. The topological polar surface area (TPSA) is 86.3 Å². The molecule has 1 saturated heterocycles. The van der Waals surface area contributed by atoms with Gasteiger partial charge in [-0.3, -0.25) is 9.59 Å². The van der Waals surface area contributed by atoms with Crippen molar-refractivity contribution in [3.8, 4) is 23.0 Å². The van der Waals surface area contributed by atoms with Crippen LogP contribution in [0.25, 0.3) is 0 Å². The van der Waals surface area contributed by atoms with Gasteiger partial charge in [-0.25, -0.2) is 4.39 Å². The summed E-state index contributed by atoms with van der Waals surface area (Å²) in [6.07, 6.45) is 0. The molecular formula is C28H27FN2O6. The molecule has 8 nitrogen and oxygen atoms in total. The maximum Gasteiger partial charge on any atom is 0.254 e. The van der Waals surface area contributed by atoms with Crippen molar-refractivity contribution in [2.24, 2.45) is 5.92 Å². The molecule has 0 saturated carbocycles. The summed E-state index contributed by atoms with van der Waals surface area (Å²) in [6.45, 7) is 0.886. The van der Waals surface area contributed by atoms with E-state index in [9.17, 15) is 14.0 Å². The molecule has 2 aliphatic rings. The van der Waals surface area contributed by atoms with E-state index < -0.39 is 5.92 Å². The van der Waals surface area contributed by atoms with Crippen LogP contribution >= 0.6 is 0 Å². The molecule has 3 aromatic carbocycles. The zero-order valence-electron chi connectivity index (χ0n) is 20.5. The minimum absolute atomic E-state index is 0.116. The molecule has 3 aromatic rings. The summed E-state index contributed by atoms with van der Waals surface area (Å²) in [6, 6.07) is 16.5. The van der Waals surface area contributed by atoms with Crippen LogP contribution in [0.1, 0.15) is 27.4 Å². The van der Waals surface area contributed by atoms with Crippen LogP contribution in [-0.2, 0) is 11.3 Å². The molecule has 2 aliphatic heterocycles. The Hall–Kier alpha value is -4.27. The number of likely N-dealkylation sites (tertiary alicyclic amines) is 1. The second-order valence-corrected chi connectivity index (χ2v) is 8.92. The van der Waals surface area contributed by atoms with Crippen LogP contribution in [0, 0.1) is 11.7 Å². The second kappa shape index (κ2) is 10.4. The number of methoxy groups -OCH3 is 2. The Kier molecular flexibility index (Phi) is 6.85. The van der Waals surface area contributed by atoms with Gasteiger partial charge in [0.05, 0.1) is 20.1 Å². The zero-order valence-corrected chi connectivity index (χ0v) is 20.5. The predicted octanol–water partition coefficient (Wildman–Crippen LogP) is 3.74. The number of para-hydroxylation sites is 1. The molecule has 0 aliphatic carbocycles. The average molecular weight is 507 g/mol. The van der Waals surface area contributed by atoms with Crippen LogP contribution in [0.4, 0.5) is 4.39 Å². The van der Waals surface area contributed by atoms with Crippen molar-refractivity contribution in [3.63, 3.8) is 0 Å². The van der Waals surface area contributed by atoms with Crippen molar-refractivity contribution in [2.75, 3.05) is 34.1 Å². The summed E-state index contributed by atoms with van der Waals surface area (Å²) in [7, 11) is 3.11. The number of ether oxygens (including phenoxy) is 4. The lowest BCUT2D eigenvalue weighted by Crippen LogP contribution is -2.35. The average Bonchev–Trinajstić information content (AvgIpc) is 3.59. The fourth-order valence-corrected chi connectivity index (χ4v) is 4.89. The Balaban J connectivity index is 1.42. The molecular weight excluding hydrogens is 479 g/mol. The third kappa shape index (κ3) is 4.89. The third-order valence-electron chi connectivity index (χ3n) is 6.78. The molecule has 0 spiro atoms. The Morgan fingerprint density at radius 1 is 1.00 bits per heavy atom. The molecule has 2 heterocycles. The van der Waals surface area contributed by atoms with Gasteiger partial charge in [-0.1, -0.05) is 24.3 Å². The molecule has 9 heteroatoms. The number of amides is 2. The monoisotopic (exact) mass is 506 g/mol. The fourth-order valence-electron chi connectivity index (χ4n) is 4.89. The number of carbonyl (C=O) groups excluding carboxylic acids is 2. The van der Waals surface area contributed by atoms with E-state index in [-0.39, 0.29) is 43.4 Å². The van der Waals surface area contributed by atoms with Gasteiger partial charge in [0.25, 0.3) is 5.91 Å². The van der Waals surface area contributed by atoms with Gasteiger partial charge < -0.3 is 29.2 Å². The molecule has 0 unspecified atom stereocenters. The standard InChI is InChI=1S/C28H27FN2O6/c1-34-24-5-3-4-20(26(24)35-2)21-14-31(28(33)18-8-11-23-25(12-18)37-16-36-23)15-22(21)27(32)30-13-17-6-9-19(29)10-7-17/h3-12,21-22H,13-16H2,1-2H3,(H,30,32)/t21-,22+/m1/s1. The van der Waals surface area contributed by atoms with Crippen LogP contribution in [0.5, 0.6) is 23.0 Å². The first kappa shape index (κ1) is 24.4. The molecule has 37 heavy (non-hydrogen) atoms. The summed E-state index contributed by atoms with van der Waals surface area (Å²) in [5.41, 5.74) is 2.01. The minimum atomic E-state index is -0.542. The fraction of sp³-hybridized carbons (Fsp3) is 0.286. The number of benzene rings is 3. The minimum Gasteiger partial charge on any atom is -0.493 e. The lowest BCUT2D eigenvalue weighted by atomic mass is 9.87. The van der Waals surface area contributed by atoms with Gasteiger partial charge in [0.1, 0.15) is 5.82 Å². The van der Waals surface area contributed by atoms with Crippen LogP contribution in [0.2, 0.25) is 0 Å². The van der Waals surface area contributed by atoms with Crippen molar-refractivity contribution < 1.29 is 32.9 Å². The van der Waals surface area contributed by atoms with E-state index in [1.54, 1.807) is 55.5 Å². The highest BCUT2D eigenvalue weighted by Gasteiger charge is 2.42. The molecule has 0 aromatic heterocycles. The van der Waals surface area contributed by atoms with Gasteiger partial charge in [0.2, 0.25) is 12.7 Å². The molecule has 2 atom stereocenters. The first-order valence-corrected chi connectivity index (χ1v) is 11.9. The summed E-state index contributed by atoms with van der Waals surface area (Å²) >= 11 is 0. The number of carbonyl (C=O) groups is 2. The van der Waals surface area contributed by atoms with E-state index >= 15 is 0 Å². The van der Waals surface area contributed by atoms with E-state index in [1.165, 1.54) is 12.1 Å². The smallest absolute Gasteiger partial charge is 0.254 e. The summed E-state index contributed by atoms with van der Waals surface area (Å²) in [4.78, 5) is 28.6. The summed E-state index contributed by atoms with van der Waals surface area (Å²) < 4.78 is 35.2. The number of nitrogens with zero attached hydrogens (tertiary/aromatic N) is 1. The number of hydrogen-bond donors (Lipinski definition) is 1. The summed E-state index contributed by atoms with van der Waals surface area (Å²) in [5.74, 6) is 0.554. The predicted molar refractivity (Wildman–Crippen MR) is 132 cm³/mol. The van der Waals surface area contributed by atoms with Crippen molar-refractivity contribution in [2.45, 2.75) is 12.5 Å². The van der Waals surface area contributed by atoms with Crippen LogP contribution < -0.4 is 24.3 Å². The number of nitrogens with one attached hydrogen (secondary N) is 1. The summed E-state index contributed by atoms with van der Waals surface area (Å²) in [5, 5.41) is 2.95. The zero-order chi connectivity index (χ0) is 25.9. The van der Waals surface area contributed by atoms with Crippen LogP contribution in [-0.4, -0.2) is 50.8 Å². The third-order valence-corrected chi connectivity index (χ3v) is 6.78. The number of rotatable bonds is 7. The van der Waals surface area contributed by atoms with Gasteiger partial charge in [-0.05, 0) is 42.0 Å². The van der Waals surface area contributed by atoms with Crippen molar-refractivity contribution in [1.82, 2.24) is 10.2 Å². The highest BCUT2D eigenvalue weighted by atomic mass is 19.1. The first-order chi connectivity index (χ1) is 18.0. The molecule has 0 bridgehead atoms. The van der Waals surface area contributed by atoms with Gasteiger partial charge >= 0.3 is 0 Å². The van der Waals surface area contributed by atoms with E-state index in [1.807, 2.05) is 12.1 Å². The maximum atomic E-state index is 13.5. The number of fused-ring (bicyclic) bond motifs is 1. The molecule has 1 fully saturated rings. The van der Waals surface area contributed by atoms with Crippen molar-refractivity contribution in [3.05, 3.63) is 83.2 Å². The van der Waals surface area contributed by atoms with Crippen molar-refractivity contribution >= 4 is 11.8 Å². The Bertz CT molecular complexity index is 1310. The van der Waals surface area contributed by atoms with Crippen LogP contribution in [0.15, 0.2) is 60.7 Å². The molecule has 1 N–H and O–H groups in total. The van der Waals surface area contributed by atoms with Gasteiger partial charge in [-0.2, -0.15) is 0 Å². The van der Waals surface area contributed by atoms with E-state index in [2.05, 4.69) is 5.32 Å². The van der Waals surface area contributed by atoms with E-state index in [0.29, 0.717) is 35.1 Å². The number of halogens is 1. The van der Waals surface area contributed by atoms with Gasteiger partial charge in [0.15, 0.2) is 23.0 Å². The lowest BCUT2D eigenvalue weighted by Gasteiger charge is -2.21. The quantitative estimate of drug-likeness (QED) is 0.526. The Morgan fingerprint density at radius 3 is 2.54 bits per heavy atom. The number of hydrogen-bond acceptors (Lipinski definition) is 6. The maximum absolute atomic E-state index is 13.5. The second-order valence-electron chi connectivity index (χ2n) is 8.92. The largest absolute Gasteiger partial charge is 0.493 e. The Labute approximate surface area is 213 Å². The highest BCUT2D eigenvalue weighted by Crippen LogP contribution is 2.42. The lowest BCUT2D eigenvalue weighted by molar-refractivity contribution is -0.125.